The fraction of sp³-hybridized carbons (Fsp3) is 0.333. The highest BCUT2D eigenvalue weighted by atomic mass is 16.5. The van der Waals surface area contributed by atoms with Gasteiger partial charge in [-0.3, -0.25) is 4.79 Å². The summed E-state index contributed by atoms with van der Waals surface area (Å²) < 4.78 is 5.17. The van der Waals surface area contributed by atoms with E-state index in [1.165, 1.54) is 0 Å². The maximum atomic E-state index is 12.2. The first-order valence-corrected chi connectivity index (χ1v) is 6.43. The number of fused-ring (bicyclic) bond motifs is 1. The molecule has 0 aliphatic carbocycles. The zero-order chi connectivity index (χ0) is 13.8. The van der Waals surface area contributed by atoms with E-state index in [9.17, 15) is 4.79 Å². The molecular weight excluding hydrogens is 240 g/mol. The third kappa shape index (κ3) is 2.67. The molecule has 1 amide bonds. The lowest BCUT2D eigenvalue weighted by Crippen LogP contribution is -2.31. The van der Waals surface area contributed by atoms with Gasteiger partial charge in [0.1, 0.15) is 11.4 Å². The molecule has 0 fully saturated rings. The van der Waals surface area contributed by atoms with Crippen molar-refractivity contribution < 1.29 is 9.53 Å². The number of benzene rings is 1. The van der Waals surface area contributed by atoms with Crippen LogP contribution in [0, 0.1) is 0 Å². The van der Waals surface area contributed by atoms with Crippen molar-refractivity contribution in [3.63, 3.8) is 0 Å². The molecule has 0 radical (unpaired) electrons. The Bertz CT molecular complexity index is 592. The largest absolute Gasteiger partial charge is 0.497 e. The molecule has 0 unspecified atom stereocenters. The van der Waals surface area contributed by atoms with Crippen LogP contribution in [0.4, 0.5) is 0 Å². The molecule has 0 saturated heterocycles. The third-order valence-corrected chi connectivity index (χ3v) is 3.17. The van der Waals surface area contributed by atoms with Gasteiger partial charge in [-0.1, -0.05) is 6.07 Å². The van der Waals surface area contributed by atoms with Crippen LogP contribution >= 0.6 is 0 Å². The van der Waals surface area contributed by atoms with E-state index in [0.717, 1.165) is 16.7 Å². The van der Waals surface area contributed by atoms with E-state index in [0.29, 0.717) is 18.8 Å². The highest BCUT2D eigenvalue weighted by Gasteiger charge is 2.14. The molecule has 2 aromatic rings. The number of aromatic nitrogens is 1. The van der Waals surface area contributed by atoms with Crippen molar-refractivity contribution in [3.8, 4) is 5.75 Å². The summed E-state index contributed by atoms with van der Waals surface area (Å²) in [5, 5.41) is 0.968. The van der Waals surface area contributed by atoms with E-state index in [4.69, 9.17) is 4.74 Å². The van der Waals surface area contributed by atoms with Crippen LogP contribution < -0.4 is 4.74 Å². The van der Waals surface area contributed by atoms with Crippen LogP contribution in [-0.2, 0) is 0 Å². The first-order chi connectivity index (χ1) is 9.19. The Hall–Kier alpha value is -2.10. The monoisotopic (exact) mass is 258 g/mol. The molecule has 0 N–H and O–H groups in total. The lowest BCUT2D eigenvalue weighted by molar-refractivity contribution is 0.0767. The van der Waals surface area contributed by atoms with Gasteiger partial charge in [-0.05, 0) is 38.1 Å². The molecule has 1 aromatic carbocycles. The molecule has 0 bridgehead atoms. The second-order valence-electron chi connectivity index (χ2n) is 4.23. The molecule has 2 rings (SSSR count). The molecule has 0 saturated carbocycles. The maximum absolute atomic E-state index is 12.2. The van der Waals surface area contributed by atoms with Crippen molar-refractivity contribution in [3.05, 3.63) is 36.0 Å². The topological polar surface area (TPSA) is 42.4 Å². The van der Waals surface area contributed by atoms with Crippen molar-refractivity contribution in [1.29, 1.82) is 0 Å². The van der Waals surface area contributed by atoms with Crippen LogP contribution in [0.2, 0.25) is 0 Å². The lowest BCUT2D eigenvalue weighted by Gasteiger charge is -2.18. The van der Waals surface area contributed by atoms with Gasteiger partial charge in [0, 0.05) is 18.5 Å². The Balaban J connectivity index is 2.39. The summed E-state index contributed by atoms with van der Waals surface area (Å²) in [6, 6.07) is 9.30. The van der Waals surface area contributed by atoms with E-state index in [-0.39, 0.29) is 5.91 Å². The molecule has 1 aromatic heterocycles. The van der Waals surface area contributed by atoms with Gasteiger partial charge in [-0.15, -0.1) is 0 Å². The summed E-state index contributed by atoms with van der Waals surface area (Å²) in [5.74, 6) is 0.764. The molecule has 4 nitrogen and oxygen atoms in total. The Labute approximate surface area is 113 Å². The minimum absolute atomic E-state index is 0.0253. The number of carbonyl (C=O) groups excluding carboxylic acids is 1. The van der Waals surface area contributed by atoms with E-state index in [1.807, 2.05) is 38.1 Å². The number of methoxy groups -OCH3 is 1. The second kappa shape index (κ2) is 5.69. The van der Waals surface area contributed by atoms with Crippen molar-refractivity contribution in [1.82, 2.24) is 9.88 Å². The Morgan fingerprint density at radius 2 is 1.95 bits per heavy atom. The van der Waals surface area contributed by atoms with E-state index < -0.39 is 0 Å². The van der Waals surface area contributed by atoms with Crippen molar-refractivity contribution >= 4 is 16.8 Å². The molecule has 1 heterocycles. The van der Waals surface area contributed by atoms with Crippen LogP contribution in [0.15, 0.2) is 30.3 Å². The van der Waals surface area contributed by atoms with E-state index >= 15 is 0 Å². The summed E-state index contributed by atoms with van der Waals surface area (Å²) in [6.07, 6.45) is 0. The molecule has 100 valence electrons. The molecule has 0 aliphatic rings. The fourth-order valence-corrected chi connectivity index (χ4v) is 2.02. The predicted molar refractivity (Wildman–Crippen MR) is 75.5 cm³/mol. The molecule has 4 heteroatoms. The first-order valence-electron chi connectivity index (χ1n) is 6.43. The van der Waals surface area contributed by atoms with E-state index in [2.05, 4.69) is 4.98 Å². The van der Waals surface area contributed by atoms with E-state index in [1.54, 1.807) is 18.1 Å². The first kappa shape index (κ1) is 13.3. The number of pyridine rings is 1. The van der Waals surface area contributed by atoms with Gasteiger partial charge < -0.3 is 9.64 Å². The Kier molecular flexibility index (Phi) is 4.00. The number of rotatable bonds is 4. The van der Waals surface area contributed by atoms with Crippen LogP contribution in [0.1, 0.15) is 24.3 Å². The zero-order valence-electron chi connectivity index (χ0n) is 11.5. The summed E-state index contributed by atoms with van der Waals surface area (Å²) in [6.45, 7) is 5.32. The van der Waals surface area contributed by atoms with Crippen LogP contribution in [0.25, 0.3) is 10.9 Å². The number of carbonyl (C=O) groups is 1. The number of ether oxygens (including phenoxy) is 1. The third-order valence-electron chi connectivity index (χ3n) is 3.17. The SMILES string of the molecule is CCN(CC)C(=O)c1ccc2cc(OC)ccc2n1. The van der Waals surface area contributed by atoms with Gasteiger partial charge in [-0.25, -0.2) is 4.98 Å². The summed E-state index contributed by atoms with van der Waals surface area (Å²) >= 11 is 0. The minimum Gasteiger partial charge on any atom is -0.497 e. The molecule has 0 atom stereocenters. The van der Waals surface area contributed by atoms with Crippen LogP contribution in [-0.4, -0.2) is 36.0 Å². The molecular formula is C15H18N2O2. The molecule has 0 spiro atoms. The number of hydrogen-bond donors (Lipinski definition) is 0. The van der Waals surface area contributed by atoms with Crippen LogP contribution in [0.5, 0.6) is 5.75 Å². The fourth-order valence-electron chi connectivity index (χ4n) is 2.02. The normalized spacial score (nSPS) is 10.5. The standard InChI is InChI=1S/C15H18N2O2/c1-4-17(5-2)15(18)14-8-6-11-10-12(19-3)7-9-13(11)16-14/h6-10H,4-5H2,1-3H3. The minimum atomic E-state index is -0.0253. The van der Waals surface area contributed by atoms with Gasteiger partial charge in [-0.2, -0.15) is 0 Å². The summed E-state index contributed by atoms with van der Waals surface area (Å²) in [4.78, 5) is 18.4. The number of hydrogen-bond acceptors (Lipinski definition) is 3. The van der Waals surface area contributed by atoms with Crippen molar-refractivity contribution in [2.45, 2.75) is 13.8 Å². The summed E-state index contributed by atoms with van der Waals surface area (Å²) in [5.41, 5.74) is 1.29. The smallest absolute Gasteiger partial charge is 0.272 e. The zero-order valence-corrected chi connectivity index (χ0v) is 11.5. The summed E-state index contributed by atoms with van der Waals surface area (Å²) in [7, 11) is 1.63. The Morgan fingerprint density at radius 3 is 2.58 bits per heavy atom. The quantitative estimate of drug-likeness (QED) is 0.846. The van der Waals surface area contributed by atoms with Gasteiger partial charge in [0.2, 0.25) is 0 Å². The van der Waals surface area contributed by atoms with Gasteiger partial charge in [0.15, 0.2) is 0 Å². The second-order valence-corrected chi connectivity index (χ2v) is 4.23. The predicted octanol–water partition coefficient (Wildman–Crippen LogP) is 2.73. The van der Waals surface area contributed by atoms with Gasteiger partial charge >= 0.3 is 0 Å². The van der Waals surface area contributed by atoms with Crippen molar-refractivity contribution in [2.24, 2.45) is 0 Å². The molecule has 19 heavy (non-hydrogen) atoms. The lowest BCUT2D eigenvalue weighted by atomic mass is 10.2. The maximum Gasteiger partial charge on any atom is 0.272 e. The van der Waals surface area contributed by atoms with Crippen LogP contribution in [0.3, 0.4) is 0 Å². The average Bonchev–Trinajstić information content (AvgIpc) is 2.47. The number of amides is 1. The van der Waals surface area contributed by atoms with Gasteiger partial charge in [0.25, 0.3) is 5.91 Å². The average molecular weight is 258 g/mol. The number of nitrogens with zero attached hydrogens (tertiary/aromatic N) is 2. The van der Waals surface area contributed by atoms with Gasteiger partial charge in [0.05, 0.1) is 12.6 Å². The highest BCUT2D eigenvalue weighted by Crippen LogP contribution is 2.19. The highest BCUT2D eigenvalue weighted by molar-refractivity contribution is 5.95. The molecule has 0 aliphatic heterocycles. The van der Waals surface area contributed by atoms with Crippen molar-refractivity contribution in [2.75, 3.05) is 20.2 Å². The Morgan fingerprint density at radius 1 is 1.21 bits per heavy atom.